The Hall–Kier alpha value is -0.183. The van der Waals surface area contributed by atoms with Crippen LogP contribution in [0.5, 0.6) is 0 Å². The molecule has 0 aliphatic heterocycles. The second-order valence-electron chi connectivity index (χ2n) is 4.53. The third-order valence-electron chi connectivity index (χ3n) is 2.87. The van der Waals surface area contributed by atoms with Crippen LogP contribution in [-0.4, -0.2) is 34.4 Å². The molecule has 0 saturated carbocycles. The number of anilines is 1. The van der Waals surface area contributed by atoms with Gasteiger partial charge in [-0.3, -0.25) is 0 Å². The van der Waals surface area contributed by atoms with Gasteiger partial charge in [0.1, 0.15) is 0 Å². The van der Waals surface area contributed by atoms with Gasteiger partial charge in [0.15, 0.2) is 0 Å². The average molecular weight is 362 g/mol. The van der Waals surface area contributed by atoms with E-state index in [1.165, 1.54) is 0 Å². The van der Waals surface area contributed by atoms with Gasteiger partial charge in [-0.1, -0.05) is 33.7 Å². The van der Waals surface area contributed by atoms with E-state index in [9.17, 15) is 0 Å². The molecule has 0 heterocycles. The van der Waals surface area contributed by atoms with Gasteiger partial charge in [-0.05, 0) is 39.3 Å². The van der Waals surface area contributed by atoms with Gasteiger partial charge in [0.2, 0.25) is 0 Å². The zero-order valence-corrected chi connectivity index (χ0v) is 16.3. The fourth-order valence-electron chi connectivity index (χ4n) is 2.01. The summed E-state index contributed by atoms with van der Waals surface area (Å²) in [7, 11) is 1.05. The molecule has 126 valence electrons. The molecule has 0 aromatic heterocycles. The van der Waals surface area contributed by atoms with Gasteiger partial charge < -0.3 is 19.0 Å². The minimum absolute atomic E-state index is 0.634. The molecular weight excluding hydrogens is 334 g/mol. The van der Waals surface area contributed by atoms with Gasteiger partial charge in [-0.15, -0.1) is 0 Å². The van der Waals surface area contributed by atoms with E-state index in [1.54, 1.807) is 10.8 Å². The molecule has 7 heteroatoms. The van der Waals surface area contributed by atoms with Crippen LogP contribution in [0.4, 0.5) is 5.69 Å². The third kappa shape index (κ3) is 6.93. The zero-order chi connectivity index (χ0) is 16.3. The summed E-state index contributed by atoms with van der Waals surface area (Å²) < 4.78 is 17.6. The second kappa shape index (κ2) is 11.4. The van der Waals surface area contributed by atoms with Crippen LogP contribution in [0, 0.1) is 0 Å². The summed E-state index contributed by atoms with van der Waals surface area (Å²) in [5.74, 6) is 1.01. The molecule has 0 fully saturated rings. The predicted molar refractivity (Wildman–Crippen MR) is 99.2 cm³/mol. The van der Waals surface area contributed by atoms with Crippen LogP contribution in [0.1, 0.15) is 27.2 Å². The topological polar surface area (TPSA) is 53.7 Å². The summed E-state index contributed by atoms with van der Waals surface area (Å²) in [6, 6.07) is 8.81. The van der Waals surface area contributed by atoms with Crippen molar-refractivity contribution < 1.29 is 13.3 Å². The van der Waals surface area contributed by atoms with Crippen molar-refractivity contribution in [1.82, 2.24) is 0 Å². The molecule has 4 nitrogen and oxygen atoms in total. The first-order valence-corrected chi connectivity index (χ1v) is 12.0. The standard InChI is InChI=1S/C15H27NO3S2Si/c1-4-17-22(18-5-2,19-6-3)13-9-12-20-21-15-11-8-7-10-14(15)16/h7-8,10-11H,4-6,9,12-13,16H2,1-3H3. The van der Waals surface area contributed by atoms with Crippen LogP contribution in [-0.2, 0) is 13.3 Å². The molecule has 1 rings (SSSR count). The summed E-state index contributed by atoms with van der Waals surface area (Å²) in [6.45, 7) is 7.87. The SMILES string of the molecule is CCO[Si](CCCSSc1ccccc1N)(OCC)OCC. The Morgan fingerprint density at radius 3 is 2.14 bits per heavy atom. The Labute approximate surface area is 143 Å². The van der Waals surface area contributed by atoms with Crippen molar-refractivity contribution >= 4 is 36.1 Å². The van der Waals surface area contributed by atoms with Crippen molar-refractivity contribution in [2.24, 2.45) is 0 Å². The number of benzene rings is 1. The minimum Gasteiger partial charge on any atom is -0.398 e. The van der Waals surface area contributed by atoms with Crippen LogP contribution < -0.4 is 5.73 Å². The van der Waals surface area contributed by atoms with Crippen LogP contribution >= 0.6 is 21.6 Å². The van der Waals surface area contributed by atoms with E-state index in [-0.39, 0.29) is 0 Å². The summed E-state index contributed by atoms with van der Waals surface area (Å²) in [5.41, 5.74) is 6.77. The maximum Gasteiger partial charge on any atom is 0.500 e. The van der Waals surface area contributed by atoms with Crippen LogP contribution in [0.2, 0.25) is 6.04 Å². The maximum absolute atomic E-state index is 5.94. The van der Waals surface area contributed by atoms with Gasteiger partial charge in [-0.25, -0.2) is 0 Å². The van der Waals surface area contributed by atoms with Crippen molar-refractivity contribution in [1.29, 1.82) is 0 Å². The molecule has 1 aromatic rings. The second-order valence-corrected chi connectivity index (χ2v) is 9.72. The Balaban J connectivity index is 2.37. The monoisotopic (exact) mass is 361 g/mol. The first-order valence-electron chi connectivity index (χ1n) is 7.73. The molecule has 0 aliphatic rings. The number of rotatable bonds is 12. The molecule has 0 bridgehead atoms. The zero-order valence-electron chi connectivity index (χ0n) is 13.7. The molecule has 0 unspecified atom stereocenters. The third-order valence-corrected chi connectivity index (χ3v) is 8.54. The quantitative estimate of drug-likeness (QED) is 0.257. The highest BCUT2D eigenvalue weighted by atomic mass is 33.1. The first kappa shape index (κ1) is 19.9. The maximum atomic E-state index is 5.94. The fourth-order valence-corrected chi connectivity index (χ4v) is 7.09. The number of nitrogen functional groups attached to an aromatic ring is 1. The Morgan fingerprint density at radius 2 is 1.59 bits per heavy atom. The Morgan fingerprint density at radius 1 is 1.00 bits per heavy atom. The van der Waals surface area contributed by atoms with E-state index in [1.807, 2.05) is 55.8 Å². The van der Waals surface area contributed by atoms with E-state index in [2.05, 4.69) is 0 Å². The first-order chi connectivity index (χ1) is 10.7. The molecule has 22 heavy (non-hydrogen) atoms. The lowest BCUT2D eigenvalue weighted by molar-refractivity contribution is 0.0712. The van der Waals surface area contributed by atoms with Gasteiger partial charge in [0.05, 0.1) is 0 Å². The molecular formula is C15H27NO3S2Si. The van der Waals surface area contributed by atoms with E-state index < -0.39 is 8.80 Å². The fraction of sp³-hybridized carbons (Fsp3) is 0.600. The lowest BCUT2D eigenvalue weighted by Crippen LogP contribution is -2.46. The minimum atomic E-state index is -2.48. The van der Waals surface area contributed by atoms with Crippen LogP contribution in [0.15, 0.2) is 29.2 Å². The van der Waals surface area contributed by atoms with E-state index >= 15 is 0 Å². The van der Waals surface area contributed by atoms with Crippen molar-refractivity contribution in [2.45, 2.75) is 38.1 Å². The summed E-state index contributed by atoms with van der Waals surface area (Å²) in [4.78, 5) is 1.12. The Bertz CT molecular complexity index is 407. The highest BCUT2D eigenvalue weighted by molar-refractivity contribution is 8.76. The number of para-hydroxylation sites is 1. The molecule has 1 aromatic carbocycles. The highest BCUT2D eigenvalue weighted by Crippen LogP contribution is 2.35. The molecule has 0 aliphatic carbocycles. The molecule has 0 amide bonds. The van der Waals surface area contributed by atoms with Gasteiger partial charge in [-0.2, -0.15) is 0 Å². The summed E-state index contributed by atoms with van der Waals surface area (Å²) >= 11 is 0. The van der Waals surface area contributed by atoms with Crippen LogP contribution in [0.25, 0.3) is 0 Å². The predicted octanol–water partition coefficient (Wildman–Crippen LogP) is 4.45. The summed E-state index contributed by atoms with van der Waals surface area (Å²) in [5, 5.41) is 0. The lowest BCUT2D eigenvalue weighted by atomic mass is 10.3. The van der Waals surface area contributed by atoms with Gasteiger partial charge in [0, 0.05) is 42.2 Å². The van der Waals surface area contributed by atoms with Crippen molar-refractivity contribution in [3.8, 4) is 0 Å². The Kier molecular flexibility index (Phi) is 10.3. The van der Waals surface area contributed by atoms with Crippen molar-refractivity contribution in [3.63, 3.8) is 0 Å². The molecule has 0 saturated heterocycles. The number of hydrogen-bond acceptors (Lipinski definition) is 6. The van der Waals surface area contributed by atoms with Gasteiger partial charge in [0.25, 0.3) is 0 Å². The molecule has 0 atom stereocenters. The van der Waals surface area contributed by atoms with E-state index in [4.69, 9.17) is 19.0 Å². The molecule has 0 spiro atoms. The summed E-state index contributed by atoms with van der Waals surface area (Å²) in [6.07, 6.45) is 1.01. The lowest BCUT2D eigenvalue weighted by Gasteiger charge is -2.28. The van der Waals surface area contributed by atoms with Crippen LogP contribution in [0.3, 0.4) is 0 Å². The average Bonchev–Trinajstić information content (AvgIpc) is 2.49. The van der Waals surface area contributed by atoms with Crippen molar-refractivity contribution in [2.75, 3.05) is 31.3 Å². The van der Waals surface area contributed by atoms with E-state index in [0.29, 0.717) is 19.8 Å². The molecule has 2 N–H and O–H groups in total. The normalized spacial score (nSPS) is 11.8. The largest absolute Gasteiger partial charge is 0.500 e. The molecule has 0 radical (unpaired) electrons. The smallest absolute Gasteiger partial charge is 0.398 e. The highest BCUT2D eigenvalue weighted by Gasteiger charge is 2.39. The van der Waals surface area contributed by atoms with E-state index in [0.717, 1.165) is 28.8 Å². The number of nitrogens with two attached hydrogens (primary N) is 1. The van der Waals surface area contributed by atoms with Gasteiger partial charge >= 0.3 is 8.80 Å². The number of hydrogen-bond donors (Lipinski definition) is 1. The van der Waals surface area contributed by atoms with Crippen molar-refractivity contribution in [3.05, 3.63) is 24.3 Å².